The van der Waals surface area contributed by atoms with Crippen LogP contribution in [0.1, 0.15) is 11.1 Å². The zero-order valence-electron chi connectivity index (χ0n) is 11.2. The van der Waals surface area contributed by atoms with Crippen molar-refractivity contribution in [1.82, 2.24) is 0 Å². The molecular formula is C15H13N3O2. The Labute approximate surface area is 116 Å². The molecule has 0 atom stereocenters. The second kappa shape index (κ2) is 5.41. The SMILES string of the molecule is CNc1cc(C)c(C#N)c(-c2ccccc2)c1[N+](=O)[O-]. The summed E-state index contributed by atoms with van der Waals surface area (Å²) in [6, 6.07) is 12.7. The molecule has 0 aliphatic heterocycles. The monoisotopic (exact) mass is 267 g/mol. The van der Waals surface area contributed by atoms with Crippen LogP contribution in [0, 0.1) is 28.4 Å². The van der Waals surface area contributed by atoms with E-state index in [1.807, 2.05) is 6.07 Å². The van der Waals surface area contributed by atoms with Gasteiger partial charge in [-0.2, -0.15) is 5.26 Å². The molecule has 2 rings (SSSR count). The Morgan fingerprint density at radius 2 is 1.95 bits per heavy atom. The summed E-state index contributed by atoms with van der Waals surface area (Å²) < 4.78 is 0. The first-order valence-corrected chi connectivity index (χ1v) is 6.05. The van der Waals surface area contributed by atoms with Crippen LogP contribution in [0.5, 0.6) is 0 Å². The molecule has 0 bridgehead atoms. The number of hydrogen-bond donors (Lipinski definition) is 1. The standard InChI is InChI=1S/C15H13N3O2/c1-10-8-13(17-2)15(18(19)20)14(12(10)9-16)11-6-4-3-5-7-11/h3-8,17H,1-2H3. The van der Waals surface area contributed by atoms with Gasteiger partial charge in [-0.3, -0.25) is 10.1 Å². The molecule has 0 aliphatic rings. The first-order chi connectivity index (χ1) is 9.60. The Kier molecular flexibility index (Phi) is 3.67. The average molecular weight is 267 g/mol. The van der Waals surface area contributed by atoms with Crippen molar-refractivity contribution in [3.05, 3.63) is 57.6 Å². The van der Waals surface area contributed by atoms with Gasteiger partial charge >= 0.3 is 5.69 Å². The van der Waals surface area contributed by atoms with Gasteiger partial charge < -0.3 is 5.32 Å². The zero-order valence-corrected chi connectivity index (χ0v) is 11.2. The van der Waals surface area contributed by atoms with E-state index in [4.69, 9.17) is 0 Å². The van der Waals surface area contributed by atoms with E-state index in [0.717, 1.165) is 0 Å². The first kappa shape index (κ1) is 13.6. The first-order valence-electron chi connectivity index (χ1n) is 6.05. The quantitative estimate of drug-likeness (QED) is 0.682. The molecule has 2 aromatic carbocycles. The van der Waals surface area contributed by atoms with Gasteiger partial charge in [0.2, 0.25) is 0 Å². The number of nitriles is 1. The number of benzene rings is 2. The highest BCUT2D eigenvalue weighted by molar-refractivity contribution is 5.87. The Bertz CT molecular complexity index is 703. The summed E-state index contributed by atoms with van der Waals surface area (Å²) in [4.78, 5) is 11.0. The van der Waals surface area contributed by atoms with Crippen molar-refractivity contribution < 1.29 is 4.92 Å². The van der Waals surface area contributed by atoms with Crippen LogP contribution in [0.3, 0.4) is 0 Å². The third-order valence-corrected chi connectivity index (χ3v) is 3.12. The Morgan fingerprint density at radius 1 is 1.30 bits per heavy atom. The molecule has 0 aliphatic carbocycles. The van der Waals surface area contributed by atoms with Crippen LogP contribution < -0.4 is 5.32 Å². The second-order valence-corrected chi connectivity index (χ2v) is 4.32. The molecule has 0 fully saturated rings. The Morgan fingerprint density at radius 3 is 2.45 bits per heavy atom. The number of anilines is 1. The summed E-state index contributed by atoms with van der Waals surface area (Å²) in [5.74, 6) is 0. The van der Waals surface area contributed by atoms with E-state index >= 15 is 0 Å². The van der Waals surface area contributed by atoms with Crippen molar-refractivity contribution in [1.29, 1.82) is 5.26 Å². The van der Waals surface area contributed by atoms with Crippen LogP contribution in [-0.4, -0.2) is 12.0 Å². The van der Waals surface area contributed by atoms with E-state index in [2.05, 4.69) is 11.4 Å². The molecule has 1 N–H and O–H groups in total. The number of nitro benzene ring substituents is 1. The predicted molar refractivity (Wildman–Crippen MR) is 77.5 cm³/mol. The third kappa shape index (κ3) is 2.19. The molecule has 0 saturated carbocycles. The Balaban J connectivity index is 2.92. The van der Waals surface area contributed by atoms with Gasteiger partial charge in [-0.05, 0) is 24.1 Å². The summed E-state index contributed by atoms with van der Waals surface area (Å²) in [5, 5.41) is 23.6. The van der Waals surface area contributed by atoms with Crippen LogP contribution in [0.4, 0.5) is 11.4 Å². The van der Waals surface area contributed by atoms with Gasteiger partial charge in [0.05, 0.1) is 16.1 Å². The number of rotatable bonds is 3. The van der Waals surface area contributed by atoms with E-state index in [1.54, 1.807) is 44.3 Å². The number of nitrogens with one attached hydrogen (secondary N) is 1. The van der Waals surface area contributed by atoms with Gasteiger partial charge in [0, 0.05) is 7.05 Å². The molecule has 0 saturated heterocycles. The third-order valence-electron chi connectivity index (χ3n) is 3.12. The number of nitrogens with zero attached hydrogens (tertiary/aromatic N) is 2. The molecule has 0 heterocycles. The van der Waals surface area contributed by atoms with Gasteiger partial charge in [-0.25, -0.2) is 0 Å². The van der Waals surface area contributed by atoms with E-state index in [-0.39, 0.29) is 5.69 Å². The lowest BCUT2D eigenvalue weighted by Crippen LogP contribution is -2.02. The van der Waals surface area contributed by atoms with Crippen LogP contribution in [0.15, 0.2) is 36.4 Å². The fraction of sp³-hybridized carbons (Fsp3) is 0.133. The van der Waals surface area contributed by atoms with Crippen LogP contribution in [-0.2, 0) is 0 Å². The van der Waals surface area contributed by atoms with Crippen LogP contribution in [0.25, 0.3) is 11.1 Å². The molecule has 0 radical (unpaired) electrons. The molecule has 0 spiro atoms. The van der Waals surface area contributed by atoms with Gasteiger partial charge in [0.15, 0.2) is 0 Å². The summed E-state index contributed by atoms with van der Waals surface area (Å²) in [7, 11) is 1.63. The topological polar surface area (TPSA) is 79.0 Å². The highest BCUT2D eigenvalue weighted by atomic mass is 16.6. The molecule has 5 nitrogen and oxygen atoms in total. The molecule has 100 valence electrons. The molecular weight excluding hydrogens is 254 g/mol. The van der Waals surface area contributed by atoms with Crippen molar-refractivity contribution in [2.24, 2.45) is 0 Å². The van der Waals surface area contributed by atoms with E-state index in [1.165, 1.54) is 0 Å². The summed E-state index contributed by atoms with van der Waals surface area (Å²) >= 11 is 0. The normalized spacial score (nSPS) is 9.85. The minimum absolute atomic E-state index is 0.0687. The van der Waals surface area contributed by atoms with Gasteiger partial charge in [0.25, 0.3) is 0 Å². The van der Waals surface area contributed by atoms with Crippen LogP contribution in [0.2, 0.25) is 0 Å². The zero-order chi connectivity index (χ0) is 14.7. The van der Waals surface area contributed by atoms with Crippen molar-refractivity contribution >= 4 is 11.4 Å². The lowest BCUT2D eigenvalue weighted by atomic mass is 9.93. The molecule has 5 heteroatoms. The minimum Gasteiger partial charge on any atom is -0.383 e. The second-order valence-electron chi connectivity index (χ2n) is 4.32. The fourth-order valence-corrected chi connectivity index (χ4v) is 2.22. The van der Waals surface area contributed by atoms with Crippen LogP contribution >= 0.6 is 0 Å². The maximum Gasteiger partial charge on any atom is 0.301 e. The highest BCUT2D eigenvalue weighted by Gasteiger charge is 2.25. The summed E-state index contributed by atoms with van der Waals surface area (Å²) in [6.45, 7) is 1.77. The van der Waals surface area contributed by atoms with Gasteiger partial charge in [-0.1, -0.05) is 30.3 Å². The van der Waals surface area contributed by atoms with Gasteiger partial charge in [0.1, 0.15) is 11.8 Å². The van der Waals surface area contributed by atoms with Crippen molar-refractivity contribution in [2.75, 3.05) is 12.4 Å². The largest absolute Gasteiger partial charge is 0.383 e. The maximum atomic E-state index is 11.4. The maximum absolute atomic E-state index is 11.4. The summed E-state index contributed by atoms with van der Waals surface area (Å²) in [5.41, 5.74) is 2.41. The number of nitro groups is 1. The van der Waals surface area contributed by atoms with E-state index in [9.17, 15) is 15.4 Å². The molecule has 2 aromatic rings. The average Bonchev–Trinajstić information content (AvgIpc) is 2.46. The lowest BCUT2D eigenvalue weighted by molar-refractivity contribution is -0.383. The van der Waals surface area contributed by atoms with E-state index in [0.29, 0.717) is 27.9 Å². The molecule has 20 heavy (non-hydrogen) atoms. The summed E-state index contributed by atoms with van der Waals surface area (Å²) in [6.07, 6.45) is 0. The molecule has 0 unspecified atom stereocenters. The molecule has 0 amide bonds. The lowest BCUT2D eigenvalue weighted by Gasteiger charge is -2.12. The van der Waals surface area contributed by atoms with E-state index < -0.39 is 4.92 Å². The van der Waals surface area contributed by atoms with Gasteiger partial charge in [-0.15, -0.1) is 0 Å². The fourth-order valence-electron chi connectivity index (χ4n) is 2.22. The predicted octanol–water partition coefficient (Wildman–Crippen LogP) is 3.48. The highest BCUT2D eigenvalue weighted by Crippen LogP contribution is 2.40. The molecule has 0 aromatic heterocycles. The Hall–Kier alpha value is -2.87. The smallest absolute Gasteiger partial charge is 0.301 e. The van der Waals surface area contributed by atoms with Crippen molar-refractivity contribution in [2.45, 2.75) is 6.92 Å². The minimum atomic E-state index is -0.450. The van der Waals surface area contributed by atoms with Crippen molar-refractivity contribution in [3.63, 3.8) is 0 Å². The number of hydrogen-bond acceptors (Lipinski definition) is 4. The number of aryl methyl sites for hydroxylation is 1. The van der Waals surface area contributed by atoms with Crippen molar-refractivity contribution in [3.8, 4) is 17.2 Å².